The molecule has 0 spiro atoms. The Bertz CT molecular complexity index is 353. The van der Waals surface area contributed by atoms with Gasteiger partial charge in [0.05, 0.1) is 0 Å². The Labute approximate surface area is 99.3 Å². The number of nitrogens with zero attached hydrogens (tertiary/aromatic N) is 1. The predicted molar refractivity (Wildman–Crippen MR) is 61.2 cm³/mol. The molecule has 1 aromatic carbocycles. The minimum Gasteiger partial charge on any atom is -0.465 e. The largest absolute Gasteiger partial charge is 0.465 e. The standard InChI is InChI=1S/C12H16FNO3/c13-11-5-3-10(4-6-11)9-14(12(16)17)7-1-2-8-15/h3-6,15H,1-2,7-9H2,(H,16,17). The van der Waals surface area contributed by atoms with Crippen LogP contribution in [0.25, 0.3) is 0 Å². The Balaban J connectivity index is 2.54. The Morgan fingerprint density at radius 2 is 1.88 bits per heavy atom. The lowest BCUT2D eigenvalue weighted by Gasteiger charge is -2.19. The van der Waals surface area contributed by atoms with Crippen LogP contribution >= 0.6 is 0 Å². The highest BCUT2D eigenvalue weighted by molar-refractivity contribution is 5.64. The van der Waals surface area contributed by atoms with Crippen molar-refractivity contribution in [2.24, 2.45) is 0 Å². The molecule has 1 rings (SSSR count). The fraction of sp³-hybridized carbons (Fsp3) is 0.417. The number of amides is 1. The van der Waals surface area contributed by atoms with E-state index < -0.39 is 6.09 Å². The van der Waals surface area contributed by atoms with Gasteiger partial charge in [0.2, 0.25) is 0 Å². The highest BCUT2D eigenvalue weighted by atomic mass is 19.1. The van der Waals surface area contributed by atoms with Crippen molar-refractivity contribution in [3.8, 4) is 0 Å². The fourth-order valence-electron chi connectivity index (χ4n) is 1.47. The van der Waals surface area contributed by atoms with Crippen LogP contribution in [-0.4, -0.2) is 34.4 Å². The summed E-state index contributed by atoms with van der Waals surface area (Å²) in [4.78, 5) is 12.2. The van der Waals surface area contributed by atoms with Gasteiger partial charge < -0.3 is 15.1 Å². The van der Waals surface area contributed by atoms with Crippen molar-refractivity contribution in [1.29, 1.82) is 0 Å². The van der Waals surface area contributed by atoms with Gasteiger partial charge in [-0.05, 0) is 30.5 Å². The highest BCUT2D eigenvalue weighted by Crippen LogP contribution is 2.08. The van der Waals surface area contributed by atoms with Crippen LogP contribution in [0.1, 0.15) is 18.4 Å². The second-order valence-electron chi connectivity index (χ2n) is 3.76. The van der Waals surface area contributed by atoms with Crippen molar-refractivity contribution in [2.45, 2.75) is 19.4 Å². The molecule has 1 aromatic rings. The number of hydrogen-bond acceptors (Lipinski definition) is 2. The lowest BCUT2D eigenvalue weighted by molar-refractivity contribution is 0.140. The number of benzene rings is 1. The Morgan fingerprint density at radius 3 is 2.41 bits per heavy atom. The molecule has 0 fully saturated rings. The molecular formula is C12H16FNO3. The van der Waals surface area contributed by atoms with Gasteiger partial charge >= 0.3 is 6.09 Å². The minimum absolute atomic E-state index is 0.0595. The predicted octanol–water partition coefficient (Wildman–Crippen LogP) is 2.08. The van der Waals surface area contributed by atoms with E-state index in [0.29, 0.717) is 19.4 Å². The number of aliphatic hydroxyl groups is 1. The summed E-state index contributed by atoms with van der Waals surface area (Å²) in [6.07, 6.45) is 0.184. The van der Waals surface area contributed by atoms with Gasteiger partial charge in [-0.25, -0.2) is 9.18 Å². The maximum atomic E-state index is 12.7. The van der Waals surface area contributed by atoms with Gasteiger partial charge in [-0.15, -0.1) is 0 Å². The van der Waals surface area contributed by atoms with Crippen molar-refractivity contribution < 1.29 is 19.4 Å². The smallest absolute Gasteiger partial charge is 0.407 e. The van der Waals surface area contributed by atoms with Crippen LogP contribution in [0.3, 0.4) is 0 Å². The number of hydrogen-bond donors (Lipinski definition) is 2. The van der Waals surface area contributed by atoms with E-state index in [0.717, 1.165) is 5.56 Å². The van der Waals surface area contributed by atoms with Gasteiger partial charge in [0.15, 0.2) is 0 Å². The number of aliphatic hydroxyl groups excluding tert-OH is 1. The fourth-order valence-corrected chi connectivity index (χ4v) is 1.47. The van der Waals surface area contributed by atoms with Crippen molar-refractivity contribution in [3.05, 3.63) is 35.6 Å². The molecule has 0 aliphatic carbocycles. The zero-order valence-corrected chi connectivity index (χ0v) is 9.47. The van der Waals surface area contributed by atoms with Crippen LogP contribution in [0, 0.1) is 5.82 Å². The SMILES string of the molecule is O=C(O)N(CCCCO)Cc1ccc(F)cc1. The van der Waals surface area contributed by atoms with E-state index in [1.54, 1.807) is 12.1 Å². The summed E-state index contributed by atoms with van der Waals surface area (Å²) in [7, 11) is 0. The average Bonchev–Trinajstić information content (AvgIpc) is 2.30. The summed E-state index contributed by atoms with van der Waals surface area (Å²) >= 11 is 0. The molecule has 0 aliphatic rings. The molecule has 2 N–H and O–H groups in total. The van der Waals surface area contributed by atoms with Crippen LogP contribution in [0.2, 0.25) is 0 Å². The molecule has 0 bridgehead atoms. The van der Waals surface area contributed by atoms with Crippen LogP contribution in [-0.2, 0) is 6.54 Å². The molecule has 0 heterocycles. The molecule has 0 saturated carbocycles. The van der Waals surface area contributed by atoms with Gasteiger partial charge in [0.25, 0.3) is 0 Å². The second kappa shape index (κ2) is 6.85. The molecule has 5 heteroatoms. The van der Waals surface area contributed by atoms with E-state index in [9.17, 15) is 9.18 Å². The third-order valence-corrected chi connectivity index (χ3v) is 2.39. The third kappa shape index (κ3) is 4.82. The first-order valence-corrected chi connectivity index (χ1v) is 5.46. The molecule has 0 unspecified atom stereocenters. The molecule has 0 saturated heterocycles. The molecule has 0 atom stereocenters. The van der Waals surface area contributed by atoms with Gasteiger partial charge in [-0.1, -0.05) is 12.1 Å². The molecule has 94 valence electrons. The van der Waals surface area contributed by atoms with E-state index >= 15 is 0 Å². The van der Waals surface area contributed by atoms with Crippen molar-refractivity contribution in [3.63, 3.8) is 0 Å². The van der Waals surface area contributed by atoms with Crippen molar-refractivity contribution in [2.75, 3.05) is 13.2 Å². The number of unbranched alkanes of at least 4 members (excludes halogenated alkanes) is 1. The molecule has 0 aliphatic heterocycles. The maximum Gasteiger partial charge on any atom is 0.407 e. The van der Waals surface area contributed by atoms with Crippen LogP contribution < -0.4 is 0 Å². The minimum atomic E-state index is -1.01. The Kier molecular flexibility index (Phi) is 5.42. The topological polar surface area (TPSA) is 60.8 Å². The van der Waals surface area contributed by atoms with Crippen molar-refractivity contribution in [1.82, 2.24) is 4.90 Å². The number of carbonyl (C=O) groups is 1. The summed E-state index contributed by atoms with van der Waals surface area (Å²) in [5, 5.41) is 17.6. The molecule has 0 radical (unpaired) electrons. The quantitative estimate of drug-likeness (QED) is 0.749. The van der Waals surface area contributed by atoms with E-state index in [4.69, 9.17) is 10.2 Å². The van der Waals surface area contributed by atoms with Crippen LogP contribution in [0.5, 0.6) is 0 Å². The Morgan fingerprint density at radius 1 is 1.24 bits per heavy atom. The van der Waals surface area contributed by atoms with Gasteiger partial charge in [-0.2, -0.15) is 0 Å². The maximum absolute atomic E-state index is 12.7. The summed E-state index contributed by atoms with van der Waals surface area (Å²) in [6, 6.07) is 5.75. The average molecular weight is 241 g/mol. The van der Waals surface area contributed by atoms with Gasteiger partial charge in [-0.3, -0.25) is 0 Å². The first-order chi connectivity index (χ1) is 8.13. The molecule has 0 aromatic heterocycles. The van der Waals surface area contributed by atoms with Crippen LogP contribution in [0.15, 0.2) is 24.3 Å². The summed E-state index contributed by atoms with van der Waals surface area (Å²) < 4.78 is 12.7. The second-order valence-corrected chi connectivity index (χ2v) is 3.76. The van der Waals surface area contributed by atoms with E-state index in [-0.39, 0.29) is 19.0 Å². The first-order valence-electron chi connectivity index (χ1n) is 5.46. The van der Waals surface area contributed by atoms with E-state index in [1.807, 2.05) is 0 Å². The lowest BCUT2D eigenvalue weighted by atomic mass is 10.2. The zero-order valence-electron chi connectivity index (χ0n) is 9.47. The van der Waals surface area contributed by atoms with Crippen LogP contribution in [0.4, 0.5) is 9.18 Å². The number of carboxylic acid groups (broad SMARTS) is 1. The van der Waals surface area contributed by atoms with E-state index in [1.165, 1.54) is 17.0 Å². The lowest BCUT2D eigenvalue weighted by Crippen LogP contribution is -2.30. The number of halogens is 1. The van der Waals surface area contributed by atoms with Crippen molar-refractivity contribution >= 4 is 6.09 Å². The van der Waals surface area contributed by atoms with E-state index in [2.05, 4.69) is 0 Å². The van der Waals surface area contributed by atoms with Gasteiger partial charge in [0, 0.05) is 19.7 Å². The summed E-state index contributed by atoms with van der Waals surface area (Å²) in [5.41, 5.74) is 0.748. The number of rotatable bonds is 6. The first kappa shape index (κ1) is 13.4. The summed E-state index contributed by atoms with van der Waals surface area (Å²) in [6.45, 7) is 0.665. The molecular weight excluding hydrogens is 225 g/mol. The zero-order chi connectivity index (χ0) is 12.7. The summed E-state index contributed by atoms with van der Waals surface area (Å²) in [5.74, 6) is -0.337. The molecule has 1 amide bonds. The molecule has 17 heavy (non-hydrogen) atoms. The van der Waals surface area contributed by atoms with Gasteiger partial charge in [0.1, 0.15) is 5.82 Å². The Hall–Kier alpha value is -1.62. The molecule has 4 nitrogen and oxygen atoms in total. The monoisotopic (exact) mass is 241 g/mol. The highest BCUT2D eigenvalue weighted by Gasteiger charge is 2.11. The third-order valence-electron chi connectivity index (χ3n) is 2.39. The normalized spacial score (nSPS) is 10.2.